The average molecular weight is 669 g/mol. The number of imidazole rings is 1. The summed E-state index contributed by atoms with van der Waals surface area (Å²) in [7, 11) is 1.27. The number of halogens is 2. The van der Waals surface area contributed by atoms with E-state index in [1.807, 2.05) is 13.8 Å². The highest BCUT2D eigenvalue weighted by Gasteiger charge is 2.30. The summed E-state index contributed by atoms with van der Waals surface area (Å²) < 4.78 is 11.9. The van der Waals surface area contributed by atoms with Gasteiger partial charge in [0, 0.05) is 41.0 Å². The maximum absolute atomic E-state index is 13.5. The van der Waals surface area contributed by atoms with Crippen molar-refractivity contribution in [2.75, 3.05) is 25.5 Å². The van der Waals surface area contributed by atoms with Crippen LogP contribution in [0.2, 0.25) is 10.2 Å². The lowest BCUT2D eigenvalue weighted by molar-refractivity contribution is -0.143. The van der Waals surface area contributed by atoms with Crippen LogP contribution in [0.25, 0.3) is 23.0 Å². The number of morpholine rings is 1. The number of carbonyl (C=O) groups is 3. The topological polar surface area (TPSA) is 169 Å². The molecule has 2 aromatic carbocycles. The van der Waals surface area contributed by atoms with Gasteiger partial charge in [0.25, 0.3) is 0 Å². The fraction of sp³-hybridized carbons (Fsp3) is 0.300. The molecule has 0 saturated carbocycles. The van der Waals surface area contributed by atoms with Crippen LogP contribution in [0, 0.1) is 0 Å². The Hall–Kier alpha value is -4.79. The molecule has 3 atom stereocenters. The third-order valence-electron chi connectivity index (χ3n) is 7.07. The molecule has 3 heterocycles. The number of nitrogens with one attached hydrogen (secondary N) is 3. The number of tetrazole rings is 1. The minimum atomic E-state index is -0.858. The number of hydrogen-bond donors (Lipinski definition) is 3. The molecule has 46 heavy (non-hydrogen) atoms. The fourth-order valence-corrected chi connectivity index (χ4v) is 5.46. The van der Waals surface area contributed by atoms with Crippen molar-refractivity contribution in [1.29, 1.82) is 0 Å². The second-order valence-electron chi connectivity index (χ2n) is 10.6. The number of nitrogens with zero attached hydrogens (tertiary/aromatic N) is 6. The van der Waals surface area contributed by atoms with Crippen LogP contribution in [-0.2, 0) is 19.1 Å². The fourth-order valence-electron chi connectivity index (χ4n) is 5.03. The molecule has 1 saturated heterocycles. The number of hydrogen-bond acceptors (Lipinski definition) is 9. The molecule has 1 aliphatic rings. The lowest BCUT2D eigenvalue weighted by Gasteiger charge is -2.36. The van der Waals surface area contributed by atoms with Crippen molar-refractivity contribution in [3.63, 3.8) is 0 Å². The highest BCUT2D eigenvalue weighted by atomic mass is 35.5. The van der Waals surface area contributed by atoms with Crippen molar-refractivity contribution in [3.05, 3.63) is 76.4 Å². The predicted molar refractivity (Wildman–Crippen MR) is 170 cm³/mol. The predicted octanol–water partition coefficient (Wildman–Crippen LogP) is 4.43. The standard InChI is InChI=1S/C30H31Cl2N9O5/c1-17-14-40(15-18(2)46-17)26(43)13-23(29-36-27(28(32)37-29)19-4-8-22(9-5-19)34-30(44)45-3)35-25(42)11-6-20-12-21(31)7-10-24(20)41-16-33-38-39-41/h4-12,16-18,23H,13-15H2,1-3H3,(H,34,44)(H,35,42)(H,36,37)/t17-,18?,23?/m0/s1. The molecule has 3 amide bonds. The van der Waals surface area contributed by atoms with E-state index in [9.17, 15) is 14.4 Å². The van der Waals surface area contributed by atoms with Gasteiger partial charge in [0.1, 0.15) is 23.0 Å². The lowest BCUT2D eigenvalue weighted by Crippen LogP contribution is -2.49. The van der Waals surface area contributed by atoms with E-state index in [1.165, 1.54) is 24.2 Å². The summed E-state index contributed by atoms with van der Waals surface area (Å²) in [6.45, 7) is 4.66. The molecule has 0 radical (unpaired) electrons. The molecular weight excluding hydrogens is 637 g/mol. The molecule has 1 aliphatic heterocycles. The van der Waals surface area contributed by atoms with Gasteiger partial charge in [-0.3, -0.25) is 14.9 Å². The number of H-pyrrole nitrogens is 1. The first-order valence-electron chi connectivity index (χ1n) is 14.2. The number of methoxy groups -OCH3 is 1. The third kappa shape index (κ3) is 8.07. The number of anilines is 1. The van der Waals surface area contributed by atoms with Crippen molar-refractivity contribution in [2.45, 2.75) is 38.5 Å². The lowest BCUT2D eigenvalue weighted by atomic mass is 10.1. The maximum Gasteiger partial charge on any atom is 0.411 e. The maximum atomic E-state index is 13.5. The molecule has 0 bridgehead atoms. The van der Waals surface area contributed by atoms with Crippen LogP contribution in [0.15, 0.2) is 54.9 Å². The van der Waals surface area contributed by atoms with E-state index in [0.29, 0.717) is 52.1 Å². The average Bonchev–Trinajstić information content (AvgIpc) is 3.70. The Balaban J connectivity index is 1.40. The van der Waals surface area contributed by atoms with Gasteiger partial charge in [0.15, 0.2) is 0 Å². The van der Waals surface area contributed by atoms with Gasteiger partial charge in [-0.2, -0.15) is 4.68 Å². The number of amides is 3. The monoisotopic (exact) mass is 667 g/mol. The summed E-state index contributed by atoms with van der Waals surface area (Å²) in [5, 5.41) is 17.4. The zero-order valence-corrected chi connectivity index (χ0v) is 26.6. The Morgan fingerprint density at radius 1 is 1.13 bits per heavy atom. The second-order valence-corrected chi connectivity index (χ2v) is 11.4. The van der Waals surface area contributed by atoms with Gasteiger partial charge in [-0.1, -0.05) is 35.3 Å². The number of ether oxygens (including phenoxy) is 2. The number of benzene rings is 2. The number of aromatic amines is 1. The summed E-state index contributed by atoms with van der Waals surface area (Å²) in [5.41, 5.74) is 2.76. The first-order chi connectivity index (χ1) is 22.1. The minimum absolute atomic E-state index is 0.0860. The van der Waals surface area contributed by atoms with Gasteiger partial charge in [-0.05, 0) is 60.7 Å². The normalized spacial score (nSPS) is 17.1. The van der Waals surface area contributed by atoms with Crippen LogP contribution < -0.4 is 10.6 Å². The first kappa shape index (κ1) is 32.6. The minimum Gasteiger partial charge on any atom is -0.453 e. The van der Waals surface area contributed by atoms with E-state index < -0.39 is 18.0 Å². The highest BCUT2D eigenvalue weighted by molar-refractivity contribution is 6.32. The van der Waals surface area contributed by atoms with Gasteiger partial charge in [-0.25, -0.2) is 9.78 Å². The van der Waals surface area contributed by atoms with Crippen molar-refractivity contribution in [3.8, 4) is 16.9 Å². The zero-order chi connectivity index (χ0) is 32.8. The van der Waals surface area contributed by atoms with E-state index in [1.54, 1.807) is 53.4 Å². The third-order valence-corrected chi connectivity index (χ3v) is 7.57. The quantitative estimate of drug-likeness (QED) is 0.219. The van der Waals surface area contributed by atoms with Crippen LogP contribution in [0.1, 0.15) is 37.7 Å². The Bertz CT molecular complexity index is 1720. The SMILES string of the molecule is COC(=O)Nc1ccc(-c2nc(C(CC(=O)N3CC(C)O[C@@H](C)C3)NC(=O)C=Cc3cc(Cl)ccc3-n3cnnn3)[nH]c2Cl)cc1. The molecule has 240 valence electrons. The number of aromatic nitrogens is 6. The van der Waals surface area contributed by atoms with Gasteiger partial charge < -0.3 is 24.7 Å². The van der Waals surface area contributed by atoms with Crippen molar-refractivity contribution >= 4 is 52.9 Å². The Morgan fingerprint density at radius 3 is 2.54 bits per heavy atom. The number of carbonyl (C=O) groups excluding carboxylic acids is 3. The molecule has 1 fully saturated rings. The molecule has 3 N–H and O–H groups in total. The molecule has 14 nitrogen and oxygen atoms in total. The summed E-state index contributed by atoms with van der Waals surface area (Å²) in [5.74, 6) is -0.380. The molecule has 0 aliphatic carbocycles. The Kier molecular flexibility index (Phi) is 10.3. The van der Waals surface area contributed by atoms with E-state index in [2.05, 4.69) is 40.9 Å². The van der Waals surface area contributed by atoms with E-state index in [4.69, 9.17) is 27.9 Å². The Morgan fingerprint density at radius 2 is 1.87 bits per heavy atom. The van der Waals surface area contributed by atoms with Gasteiger partial charge in [0.2, 0.25) is 11.8 Å². The molecule has 2 aromatic heterocycles. The molecule has 5 rings (SSSR count). The summed E-state index contributed by atoms with van der Waals surface area (Å²) in [6, 6.07) is 11.0. The Labute approximate surface area is 274 Å². The highest BCUT2D eigenvalue weighted by Crippen LogP contribution is 2.30. The van der Waals surface area contributed by atoms with Crippen molar-refractivity contribution < 1.29 is 23.9 Å². The zero-order valence-electron chi connectivity index (χ0n) is 25.1. The van der Waals surface area contributed by atoms with E-state index >= 15 is 0 Å². The first-order valence-corrected chi connectivity index (χ1v) is 15.0. The molecule has 0 spiro atoms. The van der Waals surface area contributed by atoms with Crippen LogP contribution >= 0.6 is 23.2 Å². The molecule has 16 heteroatoms. The van der Waals surface area contributed by atoms with Crippen LogP contribution in [0.5, 0.6) is 0 Å². The van der Waals surface area contributed by atoms with Gasteiger partial charge >= 0.3 is 6.09 Å². The smallest absolute Gasteiger partial charge is 0.411 e. The van der Waals surface area contributed by atoms with Crippen molar-refractivity contribution in [2.24, 2.45) is 0 Å². The van der Waals surface area contributed by atoms with E-state index in [-0.39, 0.29) is 29.7 Å². The second kappa shape index (κ2) is 14.5. The van der Waals surface area contributed by atoms with Gasteiger partial charge in [-0.15, -0.1) is 5.10 Å². The largest absolute Gasteiger partial charge is 0.453 e. The van der Waals surface area contributed by atoms with E-state index in [0.717, 1.165) is 0 Å². The summed E-state index contributed by atoms with van der Waals surface area (Å²) >= 11 is 12.8. The molecule has 2 unspecified atom stereocenters. The molecular formula is C30H31Cl2N9O5. The summed E-state index contributed by atoms with van der Waals surface area (Å²) in [6.07, 6.45) is 3.39. The summed E-state index contributed by atoms with van der Waals surface area (Å²) in [4.78, 5) is 47.8. The van der Waals surface area contributed by atoms with Crippen LogP contribution in [0.3, 0.4) is 0 Å². The van der Waals surface area contributed by atoms with Crippen molar-refractivity contribution in [1.82, 2.24) is 40.4 Å². The van der Waals surface area contributed by atoms with Crippen LogP contribution in [-0.4, -0.2) is 85.4 Å². The molecule has 4 aromatic rings. The van der Waals surface area contributed by atoms with Gasteiger partial charge in [0.05, 0.1) is 37.5 Å². The van der Waals surface area contributed by atoms with Crippen LogP contribution in [0.4, 0.5) is 10.5 Å². The number of rotatable bonds is 9.